The highest BCUT2D eigenvalue weighted by atomic mass is 19.2. The molecule has 0 radical (unpaired) electrons. The normalized spacial score (nSPS) is 11.3. The summed E-state index contributed by atoms with van der Waals surface area (Å²) in [7, 11) is 0. The van der Waals surface area contributed by atoms with Crippen molar-refractivity contribution in [3.63, 3.8) is 0 Å². The molecule has 2 rings (SSSR count). The predicted octanol–water partition coefficient (Wildman–Crippen LogP) is 3.40. The van der Waals surface area contributed by atoms with E-state index in [9.17, 15) is 30.7 Å². The number of benzene rings is 2. The number of nitrogen functional groups attached to an aromatic ring is 1. The number of hydrogen-bond donors (Lipinski definition) is 1. The molecular weight excluding hydrogens is 267 g/mol. The summed E-state index contributed by atoms with van der Waals surface area (Å²) in [5, 5.41) is -2.97. The lowest BCUT2D eigenvalue weighted by Gasteiger charge is -2.10. The summed E-state index contributed by atoms with van der Waals surface area (Å²) in [4.78, 5) is 0. The van der Waals surface area contributed by atoms with Crippen LogP contribution in [0.25, 0.3) is 10.8 Å². The summed E-state index contributed by atoms with van der Waals surface area (Å²) in [5.41, 5.74) is 3.55. The number of fused-ring (bicyclic) bond motifs is 1. The molecule has 0 aromatic heterocycles. The van der Waals surface area contributed by atoms with Crippen LogP contribution in [0.3, 0.4) is 0 Å². The Labute approximate surface area is 94.6 Å². The summed E-state index contributed by atoms with van der Waals surface area (Å²) < 4.78 is 91.4. The van der Waals surface area contributed by atoms with Crippen LogP contribution in [0, 0.1) is 40.7 Å². The molecule has 0 aliphatic rings. The molecule has 0 amide bonds. The van der Waals surface area contributed by atoms with Crippen LogP contribution in [-0.2, 0) is 0 Å². The van der Waals surface area contributed by atoms with Crippen LogP contribution in [0.1, 0.15) is 0 Å². The molecule has 0 saturated carbocycles. The van der Waals surface area contributed by atoms with Crippen molar-refractivity contribution in [2.24, 2.45) is 0 Å². The van der Waals surface area contributed by atoms with E-state index in [4.69, 9.17) is 5.73 Å². The van der Waals surface area contributed by atoms with Gasteiger partial charge in [0.15, 0.2) is 40.7 Å². The monoisotopic (exact) mass is 269 g/mol. The van der Waals surface area contributed by atoms with E-state index < -0.39 is 57.2 Å². The molecule has 0 saturated heterocycles. The lowest BCUT2D eigenvalue weighted by molar-refractivity contribution is 0.411. The second kappa shape index (κ2) is 3.76. The number of nitrogens with two attached hydrogens (primary N) is 1. The van der Waals surface area contributed by atoms with Gasteiger partial charge in [0, 0.05) is 0 Å². The van der Waals surface area contributed by atoms with Gasteiger partial charge >= 0.3 is 0 Å². The Hall–Kier alpha value is -1.99. The highest BCUT2D eigenvalue weighted by Crippen LogP contribution is 2.35. The average molecular weight is 269 g/mol. The lowest BCUT2D eigenvalue weighted by atomic mass is 10.1. The first-order valence-electron chi connectivity index (χ1n) is 4.36. The van der Waals surface area contributed by atoms with Crippen LogP contribution in [0.2, 0.25) is 0 Å². The van der Waals surface area contributed by atoms with Crippen molar-refractivity contribution >= 4 is 16.5 Å². The first-order chi connectivity index (χ1) is 8.29. The molecule has 0 atom stereocenters. The minimum atomic E-state index is -2.34. The summed E-state index contributed by atoms with van der Waals surface area (Å²) in [6.07, 6.45) is 0. The van der Waals surface area contributed by atoms with E-state index >= 15 is 0 Å². The smallest absolute Gasteiger partial charge is 0.198 e. The molecule has 0 aliphatic carbocycles. The van der Waals surface area contributed by atoms with Gasteiger partial charge in [0.25, 0.3) is 0 Å². The van der Waals surface area contributed by atoms with Crippen LogP contribution in [0.4, 0.5) is 36.4 Å². The Morgan fingerprint density at radius 3 is 1.22 bits per heavy atom. The average Bonchev–Trinajstić information content (AvgIpc) is 2.35. The second-order valence-corrected chi connectivity index (χ2v) is 3.36. The zero-order valence-corrected chi connectivity index (χ0v) is 8.22. The summed E-state index contributed by atoms with van der Waals surface area (Å²) in [6.45, 7) is 0. The van der Waals surface area contributed by atoms with Crippen molar-refractivity contribution in [3.8, 4) is 0 Å². The van der Waals surface area contributed by atoms with Gasteiger partial charge in [-0.15, -0.1) is 0 Å². The summed E-state index contributed by atoms with van der Waals surface area (Å²) in [5.74, 6) is -15.3. The standard InChI is InChI=1S/C10H2F7N/c11-3-1-2(5(13)7(15)6(3)14)10(18)9(17)8(16)4(1)12/h18H2. The molecule has 0 unspecified atom stereocenters. The van der Waals surface area contributed by atoms with Gasteiger partial charge in [-0.25, -0.2) is 30.7 Å². The van der Waals surface area contributed by atoms with Gasteiger partial charge in [-0.1, -0.05) is 0 Å². The third-order valence-corrected chi connectivity index (χ3v) is 2.38. The van der Waals surface area contributed by atoms with Crippen molar-refractivity contribution < 1.29 is 30.7 Å². The van der Waals surface area contributed by atoms with Gasteiger partial charge < -0.3 is 5.73 Å². The van der Waals surface area contributed by atoms with Gasteiger partial charge in [0.05, 0.1) is 16.5 Å². The fourth-order valence-corrected chi connectivity index (χ4v) is 1.52. The number of rotatable bonds is 0. The molecule has 8 heteroatoms. The molecular formula is C10H2F7N. The molecule has 0 heterocycles. The molecule has 1 nitrogen and oxygen atoms in total. The molecule has 2 aromatic carbocycles. The minimum absolute atomic E-state index is 1.35. The Kier molecular flexibility index (Phi) is 2.60. The highest BCUT2D eigenvalue weighted by molar-refractivity contribution is 5.94. The van der Waals surface area contributed by atoms with Crippen molar-refractivity contribution in [3.05, 3.63) is 40.7 Å². The quantitative estimate of drug-likeness (QED) is 0.337. The molecule has 0 spiro atoms. The Bertz CT molecular complexity index is 567. The zero-order chi connectivity index (χ0) is 13.8. The van der Waals surface area contributed by atoms with Gasteiger partial charge in [-0.3, -0.25) is 0 Å². The fraction of sp³-hybridized carbons (Fsp3) is 0. The summed E-state index contributed by atoms with van der Waals surface area (Å²) >= 11 is 0. The minimum Gasteiger partial charge on any atom is -0.396 e. The lowest BCUT2D eigenvalue weighted by Crippen LogP contribution is -2.07. The zero-order valence-electron chi connectivity index (χ0n) is 8.22. The second-order valence-electron chi connectivity index (χ2n) is 3.36. The topological polar surface area (TPSA) is 26.0 Å². The molecule has 0 aliphatic heterocycles. The molecule has 0 fully saturated rings. The van der Waals surface area contributed by atoms with E-state index in [1.807, 2.05) is 0 Å². The molecule has 18 heavy (non-hydrogen) atoms. The predicted molar refractivity (Wildman–Crippen MR) is 48.1 cm³/mol. The molecule has 96 valence electrons. The maximum Gasteiger partial charge on any atom is 0.198 e. The van der Waals surface area contributed by atoms with Gasteiger partial charge in [-0.05, 0) is 0 Å². The first kappa shape index (κ1) is 12.5. The fourth-order valence-electron chi connectivity index (χ4n) is 1.52. The van der Waals surface area contributed by atoms with E-state index in [0.717, 1.165) is 0 Å². The van der Waals surface area contributed by atoms with E-state index in [1.54, 1.807) is 0 Å². The van der Waals surface area contributed by atoms with Gasteiger partial charge in [0.2, 0.25) is 0 Å². The van der Waals surface area contributed by atoms with Gasteiger partial charge in [-0.2, -0.15) is 0 Å². The van der Waals surface area contributed by atoms with Crippen LogP contribution >= 0.6 is 0 Å². The third-order valence-electron chi connectivity index (χ3n) is 2.38. The number of halogens is 7. The van der Waals surface area contributed by atoms with E-state index in [0.29, 0.717) is 0 Å². The first-order valence-corrected chi connectivity index (χ1v) is 4.36. The molecule has 2 aromatic rings. The van der Waals surface area contributed by atoms with Crippen molar-refractivity contribution in [1.29, 1.82) is 0 Å². The van der Waals surface area contributed by atoms with Crippen molar-refractivity contribution in [2.75, 3.05) is 5.73 Å². The number of hydrogen-bond acceptors (Lipinski definition) is 1. The Balaban J connectivity index is 3.22. The molecule has 0 bridgehead atoms. The SMILES string of the molecule is Nc1c(F)c(F)c(F)c2c(F)c(F)c(F)c(F)c12. The van der Waals surface area contributed by atoms with Crippen molar-refractivity contribution in [1.82, 2.24) is 0 Å². The number of anilines is 1. The Morgan fingerprint density at radius 2 is 0.778 bits per heavy atom. The largest absolute Gasteiger partial charge is 0.396 e. The van der Waals surface area contributed by atoms with Crippen LogP contribution in [0.5, 0.6) is 0 Å². The summed E-state index contributed by atoms with van der Waals surface area (Å²) in [6, 6.07) is 0. The maximum absolute atomic E-state index is 13.3. The van der Waals surface area contributed by atoms with E-state index in [-0.39, 0.29) is 0 Å². The third kappa shape index (κ3) is 1.34. The van der Waals surface area contributed by atoms with E-state index in [1.165, 1.54) is 0 Å². The highest BCUT2D eigenvalue weighted by Gasteiger charge is 2.29. The van der Waals surface area contributed by atoms with Crippen LogP contribution < -0.4 is 5.73 Å². The van der Waals surface area contributed by atoms with Crippen LogP contribution in [0.15, 0.2) is 0 Å². The van der Waals surface area contributed by atoms with E-state index in [2.05, 4.69) is 0 Å². The van der Waals surface area contributed by atoms with Gasteiger partial charge in [0.1, 0.15) is 0 Å². The maximum atomic E-state index is 13.3. The molecule has 2 N–H and O–H groups in total. The Morgan fingerprint density at radius 1 is 0.444 bits per heavy atom. The van der Waals surface area contributed by atoms with Crippen molar-refractivity contribution in [2.45, 2.75) is 0 Å². The van der Waals surface area contributed by atoms with Crippen LogP contribution in [-0.4, -0.2) is 0 Å².